The third-order valence-corrected chi connectivity index (χ3v) is 3.04. The van der Waals surface area contributed by atoms with E-state index in [-0.39, 0.29) is 12.5 Å². The number of amides is 1. The first-order valence-corrected chi connectivity index (χ1v) is 6.80. The van der Waals surface area contributed by atoms with Crippen molar-refractivity contribution in [3.05, 3.63) is 46.9 Å². The quantitative estimate of drug-likeness (QED) is 0.887. The number of aryl methyl sites for hydroxylation is 2. The van der Waals surface area contributed by atoms with Crippen LogP contribution in [0.15, 0.2) is 28.7 Å². The van der Waals surface area contributed by atoms with Crippen LogP contribution >= 0.6 is 0 Å². The Hall–Kier alpha value is -2.27. The molecule has 5 heteroatoms. The maximum atomic E-state index is 12.2. The minimum absolute atomic E-state index is 0.155. The van der Waals surface area contributed by atoms with E-state index in [1.54, 1.807) is 25.1 Å². The first kappa shape index (κ1) is 15.1. The summed E-state index contributed by atoms with van der Waals surface area (Å²) in [7, 11) is 0. The summed E-state index contributed by atoms with van der Waals surface area (Å²) in [6.45, 7) is 5.85. The zero-order chi connectivity index (χ0) is 15.4. The minimum Gasteiger partial charge on any atom is -0.494 e. The number of nitrogens with one attached hydrogen (secondary N) is 1. The van der Waals surface area contributed by atoms with Crippen LogP contribution < -0.4 is 10.1 Å². The van der Waals surface area contributed by atoms with E-state index in [9.17, 15) is 9.90 Å². The normalized spacial score (nSPS) is 10.5. The Labute approximate surface area is 123 Å². The number of aliphatic hydroxyl groups excluding tert-OH is 1. The molecule has 2 rings (SSSR count). The van der Waals surface area contributed by atoms with E-state index in [2.05, 4.69) is 5.32 Å². The summed E-state index contributed by atoms with van der Waals surface area (Å²) < 4.78 is 10.8. The molecular weight excluding hydrogens is 270 g/mol. The van der Waals surface area contributed by atoms with Gasteiger partial charge in [-0.15, -0.1) is 0 Å². The van der Waals surface area contributed by atoms with Gasteiger partial charge in [0.25, 0.3) is 5.91 Å². The molecule has 1 aromatic heterocycles. The van der Waals surface area contributed by atoms with Crippen LogP contribution in [0.1, 0.15) is 34.4 Å². The molecule has 0 aliphatic rings. The number of anilines is 1. The monoisotopic (exact) mass is 289 g/mol. The van der Waals surface area contributed by atoms with Crippen LogP contribution in [0.3, 0.4) is 0 Å². The van der Waals surface area contributed by atoms with Crippen LogP contribution in [-0.2, 0) is 6.61 Å². The Morgan fingerprint density at radius 1 is 1.33 bits per heavy atom. The van der Waals surface area contributed by atoms with Gasteiger partial charge >= 0.3 is 0 Å². The van der Waals surface area contributed by atoms with E-state index in [0.717, 1.165) is 5.56 Å². The van der Waals surface area contributed by atoms with Crippen molar-refractivity contribution in [3.63, 3.8) is 0 Å². The lowest BCUT2D eigenvalue weighted by Gasteiger charge is -2.11. The third kappa shape index (κ3) is 3.44. The molecular formula is C16H19NO4. The second-order valence-corrected chi connectivity index (χ2v) is 4.74. The zero-order valence-corrected chi connectivity index (χ0v) is 12.4. The minimum atomic E-state index is -0.311. The standard InChI is InChI=1S/C16H19NO4/c1-4-20-14-6-5-13(8-12(14)9-18)17-16(19)15-10(2)7-11(3)21-15/h5-8,18H,4,9H2,1-3H3,(H,17,19). The van der Waals surface area contributed by atoms with Crippen molar-refractivity contribution in [3.8, 4) is 5.75 Å². The summed E-state index contributed by atoms with van der Waals surface area (Å²) in [5.41, 5.74) is 2.00. The number of aliphatic hydroxyl groups is 1. The second-order valence-electron chi connectivity index (χ2n) is 4.74. The number of ether oxygens (including phenoxy) is 1. The number of carbonyl (C=O) groups excluding carboxylic acids is 1. The van der Waals surface area contributed by atoms with Gasteiger partial charge < -0.3 is 19.6 Å². The summed E-state index contributed by atoms with van der Waals surface area (Å²) in [6.07, 6.45) is 0. The summed E-state index contributed by atoms with van der Waals surface area (Å²) in [6, 6.07) is 6.96. The van der Waals surface area contributed by atoms with Gasteiger partial charge in [-0.3, -0.25) is 4.79 Å². The van der Waals surface area contributed by atoms with E-state index in [1.807, 2.05) is 19.9 Å². The largest absolute Gasteiger partial charge is 0.494 e. The molecule has 0 saturated heterocycles. The topological polar surface area (TPSA) is 71.7 Å². The van der Waals surface area contributed by atoms with Gasteiger partial charge in [0.15, 0.2) is 5.76 Å². The summed E-state index contributed by atoms with van der Waals surface area (Å²) in [5, 5.41) is 12.1. The first-order valence-electron chi connectivity index (χ1n) is 6.80. The van der Waals surface area contributed by atoms with Gasteiger partial charge in [-0.1, -0.05) is 0 Å². The molecule has 1 amide bonds. The van der Waals surface area contributed by atoms with Gasteiger partial charge in [0.05, 0.1) is 13.2 Å². The number of carbonyl (C=O) groups is 1. The fourth-order valence-corrected chi connectivity index (χ4v) is 2.13. The van der Waals surface area contributed by atoms with Crippen molar-refractivity contribution >= 4 is 11.6 Å². The van der Waals surface area contributed by atoms with E-state index >= 15 is 0 Å². The van der Waals surface area contributed by atoms with Gasteiger partial charge in [-0.2, -0.15) is 0 Å². The van der Waals surface area contributed by atoms with Crippen LogP contribution in [0.25, 0.3) is 0 Å². The number of hydrogen-bond donors (Lipinski definition) is 2. The number of rotatable bonds is 5. The molecule has 1 aromatic carbocycles. The van der Waals surface area contributed by atoms with Crippen LogP contribution in [-0.4, -0.2) is 17.6 Å². The molecule has 2 N–H and O–H groups in total. The lowest BCUT2D eigenvalue weighted by atomic mass is 10.1. The maximum Gasteiger partial charge on any atom is 0.291 e. The van der Waals surface area contributed by atoms with E-state index < -0.39 is 0 Å². The first-order chi connectivity index (χ1) is 10.0. The van der Waals surface area contributed by atoms with E-state index in [0.29, 0.717) is 35.1 Å². The molecule has 0 fully saturated rings. The number of furan rings is 1. The van der Waals surface area contributed by atoms with Crippen LogP contribution in [0.2, 0.25) is 0 Å². The maximum absolute atomic E-state index is 12.2. The van der Waals surface area contributed by atoms with Crippen molar-refractivity contribution in [2.75, 3.05) is 11.9 Å². The second kappa shape index (κ2) is 6.45. The smallest absolute Gasteiger partial charge is 0.291 e. The average molecular weight is 289 g/mol. The third-order valence-electron chi connectivity index (χ3n) is 3.04. The fourth-order valence-electron chi connectivity index (χ4n) is 2.13. The van der Waals surface area contributed by atoms with Crippen LogP contribution in [0.5, 0.6) is 5.75 Å². The molecule has 0 atom stereocenters. The van der Waals surface area contributed by atoms with Crippen molar-refractivity contribution in [2.45, 2.75) is 27.4 Å². The lowest BCUT2D eigenvalue weighted by Crippen LogP contribution is -2.12. The highest BCUT2D eigenvalue weighted by Gasteiger charge is 2.15. The molecule has 0 unspecified atom stereocenters. The molecule has 0 aliphatic carbocycles. The SMILES string of the molecule is CCOc1ccc(NC(=O)c2oc(C)cc2C)cc1CO. The van der Waals surface area contributed by atoms with Gasteiger partial charge in [-0.25, -0.2) is 0 Å². The predicted molar refractivity (Wildman–Crippen MR) is 79.7 cm³/mol. The van der Waals surface area contributed by atoms with Gasteiger partial charge in [0.2, 0.25) is 0 Å². The Bertz CT molecular complexity index is 646. The highest BCUT2D eigenvalue weighted by molar-refractivity contribution is 6.03. The lowest BCUT2D eigenvalue weighted by molar-refractivity contribution is 0.0994. The molecule has 5 nitrogen and oxygen atoms in total. The molecule has 0 saturated carbocycles. The van der Waals surface area contributed by atoms with Gasteiger partial charge in [-0.05, 0) is 45.0 Å². The van der Waals surface area contributed by atoms with Crippen molar-refractivity contribution in [1.82, 2.24) is 0 Å². The molecule has 21 heavy (non-hydrogen) atoms. The number of benzene rings is 1. The molecule has 112 valence electrons. The van der Waals surface area contributed by atoms with E-state index in [4.69, 9.17) is 9.15 Å². The van der Waals surface area contributed by atoms with Crippen molar-refractivity contribution in [2.24, 2.45) is 0 Å². The van der Waals surface area contributed by atoms with Gasteiger partial charge in [0.1, 0.15) is 11.5 Å². The Morgan fingerprint density at radius 3 is 2.67 bits per heavy atom. The molecule has 0 radical (unpaired) electrons. The molecule has 1 heterocycles. The number of hydrogen-bond acceptors (Lipinski definition) is 4. The van der Waals surface area contributed by atoms with Crippen LogP contribution in [0.4, 0.5) is 5.69 Å². The van der Waals surface area contributed by atoms with Crippen molar-refractivity contribution < 1.29 is 19.1 Å². The Morgan fingerprint density at radius 2 is 2.10 bits per heavy atom. The highest BCUT2D eigenvalue weighted by atomic mass is 16.5. The highest BCUT2D eigenvalue weighted by Crippen LogP contribution is 2.24. The van der Waals surface area contributed by atoms with Gasteiger partial charge in [0, 0.05) is 16.8 Å². The fraction of sp³-hybridized carbons (Fsp3) is 0.312. The molecule has 0 spiro atoms. The summed E-state index contributed by atoms with van der Waals surface area (Å²) in [4.78, 5) is 12.2. The van der Waals surface area contributed by atoms with E-state index in [1.165, 1.54) is 0 Å². The predicted octanol–water partition coefficient (Wildman–Crippen LogP) is 3.04. The van der Waals surface area contributed by atoms with Crippen LogP contribution in [0, 0.1) is 13.8 Å². The molecule has 0 bridgehead atoms. The Kier molecular flexibility index (Phi) is 4.65. The Balaban J connectivity index is 2.19. The average Bonchev–Trinajstić information content (AvgIpc) is 2.79. The molecule has 2 aromatic rings. The summed E-state index contributed by atoms with van der Waals surface area (Å²) in [5.74, 6) is 1.30. The van der Waals surface area contributed by atoms with Crippen molar-refractivity contribution in [1.29, 1.82) is 0 Å². The molecule has 0 aliphatic heterocycles. The summed E-state index contributed by atoms with van der Waals surface area (Å²) >= 11 is 0. The zero-order valence-electron chi connectivity index (χ0n) is 12.4.